The van der Waals surface area contributed by atoms with Crippen LogP contribution in [0.3, 0.4) is 0 Å². The van der Waals surface area contributed by atoms with Gasteiger partial charge in [0.1, 0.15) is 5.82 Å². The summed E-state index contributed by atoms with van der Waals surface area (Å²) in [5.41, 5.74) is -0.331. The van der Waals surface area contributed by atoms with Crippen molar-refractivity contribution in [1.82, 2.24) is 5.32 Å². The average Bonchev–Trinajstić information content (AvgIpc) is 2.21. The third kappa shape index (κ3) is 2.60. The van der Waals surface area contributed by atoms with Crippen molar-refractivity contribution in [2.45, 2.75) is 26.3 Å². The van der Waals surface area contributed by atoms with Gasteiger partial charge in [-0.2, -0.15) is 0 Å². The standard InChI is InChI=1S/C13H14FNO/c1-5-13(3,4)15-12(16)10-8-6-7-9(2)11(10)14/h1,6-8H,2-4H3,(H,15,16). The number of rotatable bonds is 2. The molecule has 3 heteroatoms. The summed E-state index contributed by atoms with van der Waals surface area (Å²) in [4.78, 5) is 11.7. The molecule has 0 radical (unpaired) electrons. The molecule has 0 aliphatic carbocycles. The van der Waals surface area contributed by atoms with Crippen LogP contribution in [0.2, 0.25) is 0 Å². The van der Waals surface area contributed by atoms with Crippen molar-refractivity contribution in [2.24, 2.45) is 0 Å². The molecule has 1 N–H and O–H groups in total. The molecule has 0 spiro atoms. The Labute approximate surface area is 94.9 Å². The summed E-state index contributed by atoms with van der Waals surface area (Å²) in [6.07, 6.45) is 5.24. The topological polar surface area (TPSA) is 29.1 Å². The van der Waals surface area contributed by atoms with E-state index in [-0.39, 0.29) is 5.56 Å². The van der Waals surface area contributed by atoms with Crippen LogP contribution in [0, 0.1) is 25.1 Å². The Kier molecular flexibility index (Phi) is 3.34. The number of hydrogen-bond donors (Lipinski definition) is 1. The maximum atomic E-state index is 13.6. The lowest BCUT2D eigenvalue weighted by Gasteiger charge is -2.19. The number of carbonyl (C=O) groups is 1. The van der Waals surface area contributed by atoms with Gasteiger partial charge in [-0.1, -0.05) is 18.1 Å². The molecule has 0 bridgehead atoms. The van der Waals surface area contributed by atoms with Crippen molar-refractivity contribution in [2.75, 3.05) is 0 Å². The first-order chi connectivity index (χ1) is 7.37. The van der Waals surface area contributed by atoms with E-state index in [0.29, 0.717) is 5.56 Å². The molecule has 1 rings (SSSR count). The predicted molar refractivity (Wildman–Crippen MR) is 61.5 cm³/mol. The van der Waals surface area contributed by atoms with Crippen LogP contribution in [-0.2, 0) is 0 Å². The van der Waals surface area contributed by atoms with Crippen LogP contribution < -0.4 is 5.32 Å². The van der Waals surface area contributed by atoms with Gasteiger partial charge in [0, 0.05) is 0 Å². The van der Waals surface area contributed by atoms with E-state index >= 15 is 0 Å². The lowest BCUT2D eigenvalue weighted by atomic mass is 10.0. The Balaban J connectivity index is 2.99. The van der Waals surface area contributed by atoms with Crippen LogP contribution in [-0.4, -0.2) is 11.4 Å². The van der Waals surface area contributed by atoms with E-state index in [9.17, 15) is 9.18 Å². The van der Waals surface area contributed by atoms with E-state index in [4.69, 9.17) is 6.42 Å². The zero-order chi connectivity index (χ0) is 12.3. The van der Waals surface area contributed by atoms with Crippen LogP contribution in [0.5, 0.6) is 0 Å². The monoisotopic (exact) mass is 219 g/mol. The molecule has 0 heterocycles. The summed E-state index contributed by atoms with van der Waals surface area (Å²) in [5, 5.41) is 2.58. The summed E-state index contributed by atoms with van der Waals surface area (Å²) >= 11 is 0. The summed E-state index contributed by atoms with van der Waals surface area (Å²) < 4.78 is 13.6. The number of amides is 1. The molecule has 0 aliphatic heterocycles. The first-order valence-corrected chi connectivity index (χ1v) is 4.93. The molecule has 0 atom stereocenters. The Hall–Kier alpha value is -1.82. The van der Waals surface area contributed by atoms with Gasteiger partial charge < -0.3 is 5.32 Å². The Morgan fingerprint density at radius 3 is 2.69 bits per heavy atom. The lowest BCUT2D eigenvalue weighted by molar-refractivity contribution is 0.0925. The van der Waals surface area contributed by atoms with Gasteiger partial charge in [0.05, 0.1) is 11.1 Å². The molecule has 16 heavy (non-hydrogen) atoms. The molecule has 1 amide bonds. The normalized spacial score (nSPS) is 10.7. The Morgan fingerprint density at radius 2 is 2.12 bits per heavy atom. The fourth-order valence-corrected chi connectivity index (χ4v) is 1.21. The van der Waals surface area contributed by atoms with Crippen molar-refractivity contribution in [1.29, 1.82) is 0 Å². The molecule has 0 aromatic heterocycles. The molecule has 0 fully saturated rings. The first-order valence-electron chi connectivity index (χ1n) is 4.93. The number of halogens is 1. The second kappa shape index (κ2) is 4.36. The van der Waals surface area contributed by atoms with Crippen molar-refractivity contribution >= 4 is 5.91 Å². The quantitative estimate of drug-likeness (QED) is 0.760. The van der Waals surface area contributed by atoms with Crippen LogP contribution in [0.1, 0.15) is 29.8 Å². The summed E-state index contributed by atoms with van der Waals surface area (Å²) in [6.45, 7) is 4.97. The highest BCUT2D eigenvalue weighted by molar-refractivity contribution is 5.95. The zero-order valence-corrected chi connectivity index (χ0v) is 9.60. The highest BCUT2D eigenvalue weighted by Crippen LogP contribution is 2.13. The largest absolute Gasteiger partial charge is 0.336 e. The summed E-state index contributed by atoms with van der Waals surface area (Å²) in [7, 11) is 0. The highest BCUT2D eigenvalue weighted by atomic mass is 19.1. The summed E-state index contributed by atoms with van der Waals surface area (Å²) in [5.74, 6) is 1.42. The zero-order valence-electron chi connectivity index (χ0n) is 9.60. The van der Waals surface area contributed by atoms with Crippen molar-refractivity contribution < 1.29 is 9.18 Å². The lowest BCUT2D eigenvalue weighted by Crippen LogP contribution is -2.42. The fourth-order valence-electron chi connectivity index (χ4n) is 1.21. The van der Waals surface area contributed by atoms with Crippen molar-refractivity contribution in [3.63, 3.8) is 0 Å². The number of carbonyl (C=O) groups excluding carboxylic acids is 1. The number of terminal acetylenes is 1. The second-order valence-corrected chi connectivity index (χ2v) is 4.16. The van der Waals surface area contributed by atoms with Gasteiger partial charge >= 0.3 is 0 Å². The minimum Gasteiger partial charge on any atom is -0.336 e. The first kappa shape index (κ1) is 12.3. The van der Waals surface area contributed by atoms with E-state index in [0.717, 1.165) is 0 Å². The third-order valence-corrected chi connectivity index (χ3v) is 2.22. The minimum atomic E-state index is -0.784. The minimum absolute atomic E-state index is 0.0170. The average molecular weight is 219 g/mol. The van der Waals surface area contributed by atoms with Gasteiger partial charge in [0.25, 0.3) is 5.91 Å². The van der Waals surface area contributed by atoms with Crippen LogP contribution in [0.25, 0.3) is 0 Å². The highest BCUT2D eigenvalue weighted by Gasteiger charge is 2.20. The molecular weight excluding hydrogens is 205 g/mol. The number of hydrogen-bond acceptors (Lipinski definition) is 1. The predicted octanol–water partition coefficient (Wildman–Crippen LogP) is 2.28. The molecule has 0 unspecified atom stereocenters. The fraction of sp³-hybridized carbons (Fsp3) is 0.308. The van der Waals surface area contributed by atoms with E-state index in [1.54, 1.807) is 32.9 Å². The van der Waals surface area contributed by atoms with Crippen LogP contribution in [0.4, 0.5) is 4.39 Å². The van der Waals surface area contributed by atoms with Gasteiger partial charge in [0.2, 0.25) is 0 Å². The summed E-state index contributed by atoms with van der Waals surface area (Å²) in [6, 6.07) is 4.68. The number of benzene rings is 1. The van der Waals surface area contributed by atoms with E-state index in [1.807, 2.05) is 0 Å². The van der Waals surface area contributed by atoms with E-state index < -0.39 is 17.3 Å². The van der Waals surface area contributed by atoms with Gasteiger partial charge in [0.15, 0.2) is 0 Å². The molecule has 0 aliphatic rings. The second-order valence-electron chi connectivity index (χ2n) is 4.16. The molecular formula is C13H14FNO. The van der Waals surface area contributed by atoms with E-state index in [1.165, 1.54) is 6.07 Å². The van der Waals surface area contributed by atoms with Gasteiger partial charge in [-0.25, -0.2) is 4.39 Å². The molecule has 1 aromatic rings. The van der Waals surface area contributed by atoms with Gasteiger partial charge in [-0.3, -0.25) is 4.79 Å². The molecule has 0 saturated heterocycles. The van der Waals surface area contributed by atoms with E-state index in [2.05, 4.69) is 11.2 Å². The van der Waals surface area contributed by atoms with Crippen molar-refractivity contribution in [3.05, 3.63) is 35.1 Å². The SMILES string of the molecule is C#CC(C)(C)NC(=O)c1cccc(C)c1F. The maximum absolute atomic E-state index is 13.6. The Bertz CT molecular complexity index is 457. The smallest absolute Gasteiger partial charge is 0.255 e. The molecule has 1 aromatic carbocycles. The molecule has 2 nitrogen and oxygen atoms in total. The van der Waals surface area contributed by atoms with Crippen LogP contribution >= 0.6 is 0 Å². The van der Waals surface area contributed by atoms with Gasteiger partial charge in [-0.15, -0.1) is 6.42 Å². The number of aryl methyl sites for hydroxylation is 1. The molecule has 0 saturated carbocycles. The Morgan fingerprint density at radius 1 is 1.50 bits per heavy atom. The third-order valence-electron chi connectivity index (χ3n) is 2.22. The van der Waals surface area contributed by atoms with Crippen molar-refractivity contribution in [3.8, 4) is 12.3 Å². The van der Waals surface area contributed by atoms with Crippen LogP contribution in [0.15, 0.2) is 18.2 Å². The maximum Gasteiger partial charge on any atom is 0.255 e. The van der Waals surface area contributed by atoms with Gasteiger partial charge in [-0.05, 0) is 32.4 Å². The molecule has 84 valence electrons. The number of nitrogens with one attached hydrogen (secondary N) is 1.